The van der Waals surface area contributed by atoms with Crippen LogP contribution in [0.2, 0.25) is 0 Å². The quantitative estimate of drug-likeness (QED) is 0.812. The van der Waals surface area contributed by atoms with E-state index in [0.717, 1.165) is 5.56 Å². The lowest BCUT2D eigenvalue weighted by Gasteiger charge is -2.14. The molecule has 0 fully saturated rings. The number of hydrogen-bond acceptors (Lipinski definition) is 6. The molecule has 116 valence electrons. The normalized spacial score (nSPS) is 11.7. The molecule has 1 atom stereocenters. The number of carbonyl (C=O) groups excluding carboxylic acids is 2. The summed E-state index contributed by atoms with van der Waals surface area (Å²) in [5.41, 5.74) is 6.80. The van der Waals surface area contributed by atoms with Crippen molar-refractivity contribution in [3.63, 3.8) is 0 Å². The number of amides is 1. The van der Waals surface area contributed by atoms with E-state index in [2.05, 4.69) is 15.0 Å². The Morgan fingerprint density at radius 1 is 1.36 bits per heavy atom. The predicted octanol–water partition coefficient (Wildman–Crippen LogP) is 1.60. The molecule has 1 heterocycles. The van der Waals surface area contributed by atoms with E-state index in [4.69, 9.17) is 10.5 Å². The van der Waals surface area contributed by atoms with Crippen LogP contribution in [-0.2, 0) is 9.53 Å². The van der Waals surface area contributed by atoms with Gasteiger partial charge in [-0.1, -0.05) is 35.5 Å². The van der Waals surface area contributed by atoms with Crippen LogP contribution in [0.5, 0.6) is 0 Å². The smallest absolute Gasteiger partial charge is 0.346 e. The van der Waals surface area contributed by atoms with Gasteiger partial charge < -0.3 is 20.3 Å². The van der Waals surface area contributed by atoms with Crippen LogP contribution >= 0.6 is 0 Å². The average Bonchev–Trinajstić information content (AvgIpc) is 2.85. The number of anilines is 1. The van der Waals surface area contributed by atoms with E-state index in [1.54, 1.807) is 6.92 Å². The van der Waals surface area contributed by atoms with Crippen molar-refractivity contribution >= 4 is 17.8 Å². The van der Waals surface area contributed by atoms with E-state index in [9.17, 15) is 9.59 Å². The number of ether oxygens (including phenoxy) is 1. The molecule has 0 aliphatic rings. The highest BCUT2D eigenvalue weighted by molar-refractivity contribution is 5.96. The monoisotopic (exact) mass is 303 g/mol. The molecule has 1 aromatic carbocycles. The van der Waals surface area contributed by atoms with E-state index in [1.807, 2.05) is 37.3 Å². The lowest BCUT2D eigenvalue weighted by molar-refractivity contribution is -0.124. The second kappa shape index (κ2) is 6.75. The van der Waals surface area contributed by atoms with Crippen molar-refractivity contribution in [3.8, 4) is 0 Å². The molecule has 1 unspecified atom stereocenters. The van der Waals surface area contributed by atoms with Crippen molar-refractivity contribution in [2.24, 2.45) is 0 Å². The van der Waals surface area contributed by atoms with Gasteiger partial charge in [-0.25, -0.2) is 4.79 Å². The van der Waals surface area contributed by atoms with Crippen molar-refractivity contribution < 1.29 is 18.8 Å². The summed E-state index contributed by atoms with van der Waals surface area (Å²) in [7, 11) is 0. The van der Waals surface area contributed by atoms with Gasteiger partial charge in [0.05, 0.1) is 11.7 Å². The number of rotatable bonds is 5. The third-order valence-electron chi connectivity index (χ3n) is 3.10. The minimum atomic E-state index is -0.737. The Balaban J connectivity index is 1.87. The second-order valence-electron chi connectivity index (χ2n) is 4.78. The van der Waals surface area contributed by atoms with Crippen LogP contribution in [0.15, 0.2) is 34.9 Å². The van der Waals surface area contributed by atoms with Crippen LogP contribution in [0.25, 0.3) is 0 Å². The molecule has 1 amide bonds. The van der Waals surface area contributed by atoms with Crippen LogP contribution in [0.3, 0.4) is 0 Å². The molecule has 22 heavy (non-hydrogen) atoms. The molecule has 0 aliphatic carbocycles. The first kappa shape index (κ1) is 15.6. The number of nitrogen functional groups attached to an aromatic ring is 1. The molecule has 0 spiro atoms. The third-order valence-corrected chi connectivity index (χ3v) is 3.10. The molecule has 0 bridgehead atoms. The Morgan fingerprint density at radius 3 is 2.64 bits per heavy atom. The number of nitrogens with two attached hydrogens (primary N) is 1. The fourth-order valence-electron chi connectivity index (χ4n) is 1.95. The predicted molar refractivity (Wildman–Crippen MR) is 78.9 cm³/mol. The molecule has 0 radical (unpaired) electrons. The van der Waals surface area contributed by atoms with Gasteiger partial charge in [0.25, 0.3) is 5.91 Å². The van der Waals surface area contributed by atoms with Gasteiger partial charge in [-0.3, -0.25) is 4.79 Å². The third kappa shape index (κ3) is 3.63. The summed E-state index contributed by atoms with van der Waals surface area (Å²) in [5, 5.41) is 6.29. The topological polar surface area (TPSA) is 107 Å². The standard InChI is InChI=1S/C15H17N3O4/c1-9(11-6-4-3-5-7-11)17-12(19)8-21-15(20)13-10(2)18-22-14(13)16/h3-7,9H,8,16H2,1-2H3,(H,17,19). The number of nitrogens with one attached hydrogen (secondary N) is 1. The van der Waals surface area contributed by atoms with Gasteiger partial charge in [0.2, 0.25) is 5.88 Å². The number of benzene rings is 1. The van der Waals surface area contributed by atoms with E-state index >= 15 is 0 Å². The highest BCUT2D eigenvalue weighted by atomic mass is 16.5. The summed E-state index contributed by atoms with van der Waals surface area (Å²) >= 11 is 0. The van der Waals surface area contributed by atoms with Gasteiger partial charge in [-0.15, -0.1) is 0 Å². The number of aryl methyl sites for hydroxylation is 1. The molecule has 2 rings (SSSR count). The van der Waals surface area contributed by atoms with Gasteiger partial charge in [-0.05, 0) is 19.4 Å². The van der Waals surface area contributed by atoms with E-state index in [0.29, 0.717) is 5.69 Å². The maximum Gasteiger partial charge on any atom is 0.346 e. The first-order valence-electron chi connectivity index (χ1n) is 6.72. The maximum atomic E-state index is 11.8. The Hall–Kier alpha value is -2.83. The zero-order valence-electron chi connectivity index (χ0n) is 12.3. The number of esters is 1. The van der Waals surface area contributed by atoms with E-state index in [1.165, 1.54) is 0 Å². The van der Waals surface area contributed by atoms with Crippen LogP contribution in [0.1, 0.15) is 34.6 Å². The molecule has 0 saturated carbocycles. The summed E-state index contributed by atoms with van der Waals surface area (Å²) in [6.45, 7) is 3.01. The highest BCUT2D eigenvalue weighted by Gasteiger charge is 2.21. The Labute approximate surface area is 127 Å². The lowest BCUT2D eigenvalue weighted by Crippen LogP contribution is -2.31. The minimum absolute atomic E-state index is 0.0453. The molecule has 7 heteroatoms. The van der Waals surface area contributed by atoms with E-state index < -0.39 is 18.5 Å². The van der Waals surface area contributed by atoms with Crippen molar-refractivity contribution in [1.29, 1.82) is 0 Å². The molecule has 3 N–H and O–H groups in total. The van der Waals surface area contributed by atoms with Crippen LogP contribution in [-0.4, -0.2) is 23.6 Å². The van der Waals surface area contributed by atoms with Gasteiger partial charge in [0, 0.05) is 0 Å². The summed E-state index contributed by atoms with van der Waals surface area (Å²) in [6, 6.07) is 9.28. The van der Waals surface area contributed by atoms with Crippen molar-refractivity contribution in [2.45, 2.75) is 19.9 Å². The molecule has 0 saturated heterocycles. The zero-order valence-corrected chi connectivity index (χ0v) is 12.3. The van der Waals surface area contributed by atoms with Crippen molar-refractivity contribution in [3.05, 3.63) is 47.2 Å². The molecule has 0 aliphatic heterocycles. The summed E-state index contributed by atoms with van der Waals surface area (Å²) < 4.78 is 9.59. The molecular weight excluding hydrogens is 286 g/mol. The second-order valence-corrected chi connectivity index (χ2v) is 4.78. The van der Waals surface area contributed by atoms with Crippen LogP contribution in [0.4, 0.5) is 5.88 Å². The van der Waals surface area contributed by atoms with Gasteiger partial charge in [-0.2, -0.15) is 0 Å². The first-order chi connectivity index (χ1) is 10.5. The van der Waals surface area contributed by atoms with Gasteiger partial charge >= 0.3 is 5.97 Å². The first-order valence-corrected chi connectivity index (χ1v) is 6.72. The summed E-state index contributed by atoms with van der Waals surface area (Å²) in [5.74, 6) is -1.27. The SMILES string of the molecule is Cc1noc(N)c1C(=O)OCC(=O)NC(C)c1ccccc1. The number of carbonyl (C=O) groups is 2. The minimum Gasteiger partial charge on any atom is -0.452 e. The fraction of sp³-hybridized carbons (Fsp3) is 0.267. The van der Waals surface area contributed by atoms with Crippen LogP contribution in [0, 0.1) is 6.92 Å². The molecule has 2 aromatic rings. The zero-order chi connectivity index (χ0) is 16.1. The van der Waals surface area contributed by atoms with Gasteiger partial charge in [0.15, 0.2) is 6.61 Å². The lowest BCUT2D eigenvalue weighted by atomic mass is 10.1. The largest absolute Gasteiger partial charge is 0.452 e. The fourth-order valence-corrected chi connectivity index (χ4v) is 1.95. The van der Waals surface area contributed by atoms with Crippen LogP contribution < -0.4 is 11.1 Å². The summed E-state index contributed by atoms with van der Waals surface area (Å²) in [6.07, 6.45) is 0. The van der Waals surface area contributed by atoms with Crippen molar-refractivity contribution in [2.75, 3.05) is 12.3 Å². The molecular formula is C15H17N3O4. The molecule has 1 aromatic heterocycles. The Morgan fingerprint density at radius 2 is 2.05 bits per heavy atom. The van der Waals surface area contributed by atoms with Crippen molar-refractivity contribution in [1.82, 2.24) is 10.5 Å². The summed E-state index contributed by atoms with van der Waals surface area (Å²) in [4.78, 5) is 23.6. The Bertz CT molecular complexity index is 647. The number of nitrogens with zero attached hydrogens (tertiary/aromatic N) is 1. The molecule has 7 nitrogen and oxygen atoms in total. The van der Waals surface area contributed by atoms with E-state index in [-0.39, 0.29) is 17.5 Å². The highest BCUT2D eigenvalue weighted by Crippen LogP contribution is 2.16. The number of hydrogen-bond donors (Lipinski definition) is 2. The Kier molecular flexibility index (Phi) is 4.77. The van der Waals surface area contributed by atoms with Gasteiger partial charge in [0.1, 0.15) is 5.56 Å². The number of aromatic nitrogens is 1. The average molecular weight is 303 g/mol. The maximum absolute atomic E-state index is 11.8.